The molecule has 0 aromatic heterocycles. The minimum atomic E-state index is -0.448. The van der Waals surface area contributed by atoms with Gasteiger partial charge in [0.25, 0.3) is 0 Å². The van der Waals surface area contributed by atoms with Crippen molar-refractivity contribution in [2.24, 2.45) is 0 Å². The van der Waals surface area contributed by atoms with Gasteiger partial charge in [-0.05, 0) is 58.4 Å². The average molecular weight is 296 g/mol. The molecule has 1 aliphatic heterocycles. The maximum atomic E-state index is 12.3. The molecule has 0 amide bonds. The van der Waals surface area contributed by atoms with Gasteiger partial charge in [-0.1, -0.05) is 13.8 Å². The zero-order valence-corrected chi connectivity index (χ0v) is 14.2. The van der Waals surface area contributed by atoms with E-state index in [2.05, 4.69) is 31.0 Å². The maximum absolute atomic E-state index is 12.3. The molecule has 4 unspecified atom stereocenters. The van der Waals surface area contributed by atoms with Crippen LogP contribution in [0, 0.1) is 0 Å². The summed E-state index contributed by atoms with van der Waals surface area (Å²) < 4.78 is 5.11. The number of likely N-dealkylation sites (tertiary alicyclic amines) is 1. The third kappa shape index (κ3) is 3.26. The van der Waals surface area contributed by atoms with Crippen molar-refractivity contribution in [3.63, 3.8) is 0 Å². The second-order valence-electron chi connectivity index (χ2n) is 6.83. The Bertz CT molecular complexity index is 361. The van der Waals surface area contributed by atoms with Gasteiger partial charge in [-0.25, -0.2) is 0 Å². The predicted octanol–water partition coefficient (Wildman–Crippen LogP) is 2.71. The smallest absolute Gasteiger partial charge is 0.326 e. The minimum absolute atomic E-state index is 0.0710. The van der Waals surface area contributed by atoms with Gasteiger partial charge in [0.2, 0.25) is 0 Å². The SMILES string of the molecule is CCCNC1(C(=O)OC)CCC(N2C(C)CCC2CC)C1. The molecule has 21 heavy (non-hydrogen) atoms. The molecule has 4 nitrogen and oxygen atoms in total. The van der Waals surface area contributed by atoms with Gasteiger partial charge in [0.15, 0.2) is 0 Å². The molecule has 0 bridgehead atoms. The predicted molar refractivity (Wildman–Crippen MR) is 85.3 cm³/mol. The fourth-order valence-corrected chi connectivity index (χ4v) is 4.42. The first-order valence-corrected chi connectivity index (χ1v) is 8.68. The molecular formula is C17H32N2O2. The summed E-state index contributed by atoms with van der Waals surface area (Å²) in [7, 11) is 1.51. The number of esters is 1. The van der Waals surface area contributed by atoms with Gasteiger partial charge in [-0.2, -0.15) is 0 Å². The Morgan fingerprint density at radius 1 is 1.33 bits per heavy atom. The van der Waals surface area contributed by atoms with E-state index in [1.807, 2.05) is 0 Å². The van der Waals surface area contributed by atoms with Gasteiger partial charge < -0.3 is 10.1 Å². The largest absolute Gasteiger partial charge is 0.468 e. The van der Waals surface area contributed by atoms with E-state index in [1.165, 1.54) is 26.4 Å². The first-order chi connectivity index (χ1) is 10.1. The Hall–Kier alpha value is -0.610. The van der Waals surface area contributed by atoms with Crippen molar-refractivity contribution in [2.75, 3.05) is 13.7 Å². The number of hydrogen-bond acceptors (Lipinski definition) is 4. The number of ether oxygens (including phenoxy) is 1. The zero-order chi connectivity index (χ0) is 15.5. The number of carbonyl (C=O) groups excluding carboxylic acids is 1. The fraction of sp³-hybridized carbons (Fsp3) is 0.941. The standard InChI is InChI=1S/C17H32N2O2/c1-5-11-18-17(16(20)21-4)10-9-15(12-17)19-13(3)7-8-14(19)6-2/h13-15,18H,5-12H2,1-4H3. The number of carbonyl (C=O) groups is 1. The van der Waals surface area contributed by atoms with Crippen molar-refractivity contribution in [2.45, 2.75) is 89.4 Å². The summed E-state index contributed by atoms with van der Waals surface area (Å²) in [4.78, 5) is 15.0. The summed E-state index contributed by atoms with van der Waals surface area (Å²) in [5.41, 5.74) is -0.448. The molecule has 1 N–H and O–H groups in total. The van der Waals surface area contributed by atoms with Gasteiger partial charge in [0, 0.05) is 18.1 Å². The van der Waals surface area contributed by atoms with E-state index in [1.54, 1.807) is 0 Å². The van der Waals surface area contributed by atoms with Crippen LogP contribution in [0.15, 0.2) is 0 Å². The molecule has 2 fully saturated rings. The molecule has 1 saturated heterocycles. The number of rotatable bonds is 6. The van der Waals surface area contributed by atoms with Crippen molar-refractivity contribution >= 4 is 5.97 Å². The van der Waals surface area contributed by atoms with Gasteiger partial charge in [-0.3, -0.25) is 9.69 Å². The van der Waals surface area contributed by atoms with Crippen molar-refractivity contribution in [1.82, 2.24) is 10.2 Å². The van der Waals surface area contributed by atoms with Crippen LogP contribution in [0.1, 0.15) is 65.7 Å². The zero-order valence-electron chi connectivity index (χ0n) is 14.2. The molecule has 0 spiro atoms. The molecular weight excluding hydrogens is 264 g/mol. The molecule has 4 atom stereocenters. The fourth-order valence-electron chi connectivity index (χ4n) is 4.42. The van der Waals surface area contributed by atoms with Gasteiger partial charge >= 0.3 is 5.97 Å². The molecule has 0 aromatic carbocycles. The van der Waals surface area contributed by atoms with Crippen LogP contribution in [0.5, 0.6) is 0 Å². The van der Waals surface area contributed by atoms with Gasteiger partial charge in [0.05, 0.1) is 7.11 Å². The monoisotopic (exact) mass is 296 g/mol. The Morgan fingerprint density at radius 3 is 2.71 bits per heavy atom. The minimum Gasteiger partial charge on any atom is -0.468 e. The lowest BCUT2D eigenvalue weighted by atomic mass is 9.96. The molecule has 0 radical (unpaired) electrons. The van der Waals surface area contributed by atoms with Gasteiger partial charge in [-0.15, -0.1) is 0 Å². The number of methoxy groups -OCH3 is 1. The van der Waals surface area contributed by atoms with E-state index in [4.69, 9.17) is 4.74 Å². The highest BCUT2D eigenvalue weighted by molar-refractivity contribution is 5.81. The first kappa shape index (κ1) is 16.8. The van der Waals surface area contributed by atoms with E-state index in [0.29, 0.717) is 18.1 Å². The molecule has 0 aromatic rings. The third-order valence-electron chi connectivity index (χ3n) is 5.52. The van der Waals surface area contributed by atoms with E-state index < -0.39 is 5.54 Å². The second kappa shape index (κ2) is 7.10. The molecule has 1 heterocycles. The highest BCUT2D eigenvalue weighted by Crippen LogP contribution is 2.39. The van der Waals surface area contributed by atoms with Crippen LogP contribution in [-0.2, 0) is 9.53 Å². The normalized spacial score (nSPS) is 37.0. The highest BCUT2D eigenvalue weighted by atomic mass is 16.5. The Balaban J connectivity index is 2.10. The molecule has 2 aliphatic rings. The van der Waals surface area contributed by atoms with E-state index in [-0.39, 0.29) is 5.97 Å². The van der Waals surface area contributed by atoms with Gasteiger partial charge in [0.1, 0.15) is 5.54 Å². The summed E-state index contributed by atoms with van der Waals surface area (Å²) in [6, 6.07) is 1.88. The molecule has 122 valence electrons. The van der Waals surface area contributed by atoms with Crippen LogP contribution in [0.3, 0.4) is 0 Å². The Morgan fingerprint density at radius 2 is 2.10 bits per heavy atom. The summed E-state index contributed by atoms with van der Waals surface area (Å²) >= 11 is 0. The Labute approximate surface area is 129 Å². The van der Waals surface area contributed by atoms with E-state index in [0.717, 1.165) is 32.2 Å². The lowest BCUT2D eigenvalue weighted by Crippen LogP contribution is -2.53. The van der Waals surface area contributed by atoms with Crippen LogP contribution in [0.25, 0.3) is 0 Å². The summed E-state index contributed by atoms with van der Waals surface area (Å²) in [5, 5.41) is 3.50. The van der Waals surface area contributed by atoms with Crippen LogP contribution in [0.4, 0.5) is 0 Å². The number of hydrogen-bond donors (Lipinski definition) is 1. The number of nitrogens with one attached hydrogen (secondary N) is 1. The third-order valence-corrected chi connectivity index (χ3v) is 5.52. The van der Waals surface area contributed by atoms with E-state index in [9.17, 15) is 4.79 Å². The van der Waals surface area contributed by atoms with Crippen LogP contribution >= 0.6 is 0 Å². The summed E-state index contributed by atoms with van der Waals surface area (Å²) in [6.07, 6.45) is 7.77. The molecule has 1 aliphatic carbocycles. The van der Waals surface area contributed by atoms with Crippen LogP contribution in [-0.4, -0.2) is 48.2 Å². The Kier molecular flexibility index (Phi) is 5.67. The quantitative estimate of drug-likeness (QED) is 0.765. The van der Waals surface area contributed by atoms with Crippen molar-refractivity contribution in [3.05, 3.63) is 0 Å². The summed E-state index contributed by atoms with van der Waals surface area (Å²) in [5.74, 6) is -0.0710. The number of nitrogens with zero attached hydrogens (tertiary/aromatic N) is 1. The first-order valence-electron chi connectivity index (χ1n) is 8.68. The molecule has 2 rings (SSSR count). The van der Waals surface area contributed by atoms with Crippen molar-refractivity contribution in [3.8, 4) is 0 Å². The molecule has 1 saturated carbocycles. The summed E-state index contributed by atoms with van der Waals surface area (Å²) in [6.45, 7) is 7.65. The lowest BCUT2D eigenvalue weighted by Gasteiger charge is -2.35. The molecule has 4 heteroatoms. The lowest BCUT2D eigenvalue weighted by molar-refractivity contribution is -0.148. The van der Waals surface area contributed by atoms with Crippen LogP contribution in [0.2, 0.25) is 0 Å². The second-order valence-corrected chi connectivity index (χ2v) is 6.83. The highest BCUT2D eigenvalue weighted by Gasteiger charge is 2.49. The van der Waals surface area contributed by atoms with Crippen molar-refractivity contribution < 1.29 is 9.53 Å². The topological polar surface area (TPSA) is 41.6 Å². The average Bonchev–Trinajstić information content (AvgIpc) is 3.08. The van der Waals surface area contributed by atoms with Crippen molar-refractivity contribution in [1.29, 1.82) is 0 Å². The van der Waals surface area contributed by atoms with E-state index >= 15 is 0 Å². The maximum Gasteiger partial charge on any atom is 0.326 e. The van der Waals surface area contributed by atoms with Crippen LogP contribution < -0.4 is 5.32 Å².